The van der Waals surface area contributed by atoms with Crippen molar-refractivity contribution < 1.29 is 18.8 Å². The number of nitrogens with one attached hydrogen (secondary N) is 3. The number of anilines is 2. The number of hydrogen-bond donors (Lipinski definition) is 3. The van der Waals surface area contributed by atoms with Gasteiger partial charge in [0.05, 0.1) is 10.3 Å². The van der Waals surface area contributed by atoms with Crippen LogP contribution in [-0.2, 0) is 9.59 Å². The van der Waals surface area contributed by atoms with Crippen molar-refractivity contribution >= 4 is 58.5 Å². The maximum absolute atomic E-state index is 13.4. The molecule has 0 spiro atoms. The third kappa shape index (κ3) is 8.54. The molecule has 208 valence electrons. The van der Waals surface area contributed by atoms with Crippen LogP contribution in [0.5, 0.6) is 0 Å². The number of amides is 3. The number of carbonyl (C=O) groups is 3. The Balaban J connectivity index is 1.42. The van der Waals surface area contributed by atoms with E-state index in [-0.39, 0.29) is 16.6 Å². The van der Waals surface area contributed by atoms with Gasteiger partial charge in [0.15, 0.2) is 0 Å². The summed E-state index contributed by atoms with van der Waals surface area (Å²) in [6, 6.07) is 27.2. The largest absolute Gasteiger partial charge is 0.325 e. The minimum atomic E-state index is -0.560. The predicted molar refractivity (Wildman–Crippen MR) is 163 cm³/mol. The van der Waals surface area contributed by atoms with Crippen molar-refractivity contribution in [1.82, 2.24) is 5.32 Å². The number of rotatable bonds is 9. The highest BCUT2D eigenvalue weighted by Crippen LogP contribution is 2.27. The summed E-state index contributed by atoms with van der Waals surface area (Å²) in [5.41, 5.74) is 3.27. The van der Waals surface area contributed by atoms with Gasteiger partial charge in [-0.2, -0.15) is 0 Å². The van der Waals surface area contributed by atoms with Crippen LogP contribution in [0.1, 0.15) is 28.4 Å². The first-order chi connectivity index (χ1) is 19.7. The molecule has 0 saturated heterocycles. The van der Waals surface area contributed by atoms with Crippen LogP contribution < -0.4 is 16.0 Å². The van der Waals surface area contributed by atoms with Gasteiger partial charge in [-0.15, -0.1) is 11.8 Å². The molecule has 4 aromatic rings. The second kappa shape index (κ2) is 13.8. The smallest absolute Gasteiger partial charge is 0.272 e. The quantitative estimate of drug-likeness (QED) is 0.141. The van der Waals surface area contributed by atoms with Gasteiger partial charge in [0.25, 0.3) is 11.8 Å². The zero-order valence-corrected chi connectivity index (χ0v) is 23.9. The molecule has 0 saturated carbocycles. The Morgan fingerprint density at radius 1 is 0.854 bits per heavy atom. The first-order valence-corrected chi connectivity index (χ1v) is 13.9. The van der Waals surface area contributed by atoms with Crippen LogP contribution in [0.3, 0.4) is 0 Å². The van der Waals surface area contributed by atoms with Gasteiger partial charge in [0.2, 0.25) is 5.91 Å². The first-order valence-electron chi connectivity index (χ1n) is 12.7. The maximum atomic E-state index is 13.4. The zero-order chi connectivity index (χ0) is 29.4. The normalized spacial score (nSPS) is 11.9. The lowest BCUT2D eigenvalue weighted by Crippen LogP contribution is -2.30. The molecule has 3 amide bonds. The number of aryl methyl sites for hydroxylation is 1. The second-order valence-electron chi connectivity index (χ2n) is 9.15. The van der Waals surface area contributed by atoms with E-state index in [1.807, 2.05) is 37.3 Å². The molecule has 0 aromatic heterocycles. The highest BCUT2D eigenvalue weighted by molar-refractivity contribution is 8.00. The Kier molecular flexibility index (Phi) is 9.95. The third-order valence-electron chi connectivity index (χ3n) is 5.90. The molecule has 0 bridgehead atoms. The van der Waals surface area contributed by atoms with Gasteiger partial charge in [-0.25, -0.2) is 4.39 Å². The number of carbonyl (C=O) groups excluding carboxylic acids is 3. The molecule has 0 radical (unpaired) electrons. The lowest BCUT2D eigenvalue weighted by molar-refractivity contribution is -0.115. The summed E-state index contributed by atoms with van der Waals surface area (Å²) in [5, 5.41) is 7.74. The molecule has 41 heavy (non-hydrogen) atoms. The molecule has 0 aliphatic heterocycles. The molecule has 0 heterocycles. The van der Waals surface area contributed by atoms with E-state index in [2.05, 4.69) is 16.0 Å². The number of thioether (sulfide) groups is 1. The SMILES string of the molecule is Cc1ccc(/C=C(\NC(=O)c2ccccc2)C(=O)Nc2ccc(SC(C)C(=O)Nc3ccc(F)c(Cl)c3)cc2)cc1. The van der Waals surface area contributed by atoms with E-state index in [1.165, 1.54) is 30.0 Å². The lowest BCUT2D eigenvalue weighted by atomic mass is 10.1. The van der Waals surface area contributed by atoms with Gasteiger partial charge >= 0.3 is 0 Å². The van der Waals surface area contributed by atoms with Gasteiger partial charge in [-0.1, -0.05) is 59.6 Å². The van der Waals surface area contributed by atoms with Crippen LogP contribution in [0.15, 0.2) is 108 Å². The molecular formula is C32H27ClFN3O3S. The van der Waals surface area contributed by atoms with Gasteiger partial charge in [-0.3, -0.25) is 14.4 Å². The standard InChI is InChI=1S/C32H27ClFN3O3S/c1-20-8-10-22(11-9-20)18-29(37-31(39)23-6-4-3-5-7-23)32(40)35-24-12-15-26(16-13-24)41-21(2)30(38)36-25-14-17-28(34)27(33)19-25/h3-19,21H,1-2H3,(H,35,40)(H,36,38)(H,37,39)/b29-18-. The van der Waals surface area contributed by atoms with Crippen molar-refractivity contribution in [3.8, 4) is 0 Å². The number of halogens is 2. The molecular weight excluding hydrogens is 561 g/mol. The van der Waals surface area contributed by atoms with Crippen molar-refractivity contribution in [2.45, 2.75) is 24.0 Å². The summed E-state index contributed by atoms with van der Waals surface area (Å²) in [7, 11) is 0. The van der Waals surface area contributed by atoms with Crippen molar-refractivity contribution in [2.75, 3.05) is 10.6 Å². The predicted octanol–water partition coefficient (Wildman–Crippen LogP) is 7.32. The average Bonchev–Trinajstić information content (AvgIpc) is 2.97. The van der Waals surface area contributed by atoms with Gasteiger partial charge in [-0.05, 0) is 80.1 Å². The van der Waals surface area contributed by atoms with Crippen LogP contribution in [0.2, 0.25) is 5.02 Å². The maximum Gasteiger partial charge on any atom is 0.272 e. The van der Waals surface area contributed by atoms with Crippen molar-refractivity contribution in [3.05, 3.63) is 130 Å². The van der Waals surface area contributed by atoms with E-state index in [4.69, 9.17) is 11.6 Å². The Hall–Kier alpha value is -4.40. The molecule has 3 N–H and O–H groups in total. The summed E-state index contributed by atoms with van der Waals surface area (Å²) >= 11 is 7.11. The molecule has 1 atom stereocenters. The van der Waals surface area contributed by atoms with Crippen LogP contribution in [0.4, 0.5) is 15.8 Å². The van der Waals surface area contributed by atoms with Crippen LogP contribution in [0, 0.1) is 12.7 Å². The van der Waals surface area contributed by atoms with E-state index in [0.29, 0.717) is 16.9 Å². The van der Waals surface area contributed by atoms with Crippen molar-refractivity contribution in [3.63, 3.8) is 0 Å². The second-order valence-corrected chi connectivity index (χ2v) is 11.0. The van der Waals surface area contributed by atoms with E-state index < -0.39 is 22.9 Å². The zero-order valence-electron chi connectivity index (χ0n) is 22.3. The van der Waals surface area contributed by atoms with E-state index >= 15 is 0 Å². The minimum Gasteiger partial charge on any atom is -0.325 e. The fourth-order valence-corrected chi connectivity index (χ4v) is 4.71. The molecule has 4 aromatic carbocycles. The van der Waals surface area contributed by atoms with E-state index in [1.54, 1.807) is 61.5 Å². The summed E-state index contributed by atoms with van der Waals surface area (Å²) in [6.45, 7) is 3.72. The molecule has 0 aliphatic carbocycles. The summed E-state index contributed by atoms with van der Waals surface area (Å²) < 4.78 is 13.4. The highest BCUT2D eigenvalue weighted by atomic mass is 35.5. The molecule has 0 aliphatic rings. The third-order valence-corrected chi connectivity index (χ3v) is 7.30. The molecule has 0 fully saturated rings. The van der Waals surface area contributed by atoms with E-state index in [0.717, 1.165) is 16.0 Å². The average molecular weight is 588 g/mol. The van der Waals surface area contributed by atoms with Gasteiger partial charge in [0.1, 0.15) is 11.5 Å². The Morgan fingerprint density at radius 3 is 2.17 bits per heavy atom. The molecule has 9 heteroatoms. The van der Waals surface area contributed by atoms with Crippen molar-refractivity contribution in [2.24, 2.45) is 0 Å². The van der Waals surface area contributed by atoms with Gasteiger partial charge < -0.3 is 16.0 Å². The van der Waals surface area contributed by atoms with Crippen LogP contribution >= 0.6 is 23.4 Å². The topological polar surface area (TPSA) is 87.3 Å². The molecule has 1 unspecified atom stereocenters. The van der Waals surface area contributed by atoms with Gasteiger partial charge in [0, 0.05) is 21.8 Å². The summed E-state index contributed by atoms with van der Waals surface area (Å²) in [4.78, 5) is 39.4. The monoisotopic (exact) mass is 587 g/mol. The molecule has 4 rings (SSSR count). The minimum absolute atomic E-state index is 0.0720. The highest BCUT2D eigenvalue weighted by Gasteiger charge is 2.17. The Morgan fingerprint density at radius 2 is 1.51 bits per heavy atom. The molecule has 6 nitrogen and oxygen atoms in total. The Labute approximate surface area is 247 Å². The van der Waals surface area contributed by atoms with E-state index in [9.17, 15) is 18.8 Å². The fourth-order valence-electron chi connectivity index (χ4n) is 3.66. The van der Waals surface area contributed by atoms with Crippen LogP contribution in [0.25, 0.3) is 6.08 Å². The van der Waals surface area contributed by atoms with Crippen LogP contribution in [-0.4, -0.2) is 23.0 Å². The summed E-state index contributed by atoms with van der Waals surface area (Å²) in [5.74, 6) is -1.72. The number of hydrogen-bond acceptors (Lipinski definition) is 4. The summed E-state index contributed by atoms with van der Waals surface area (Å²) in [6.07, 6.45) is 1.62. The van der Waals surface area contributed by atoms with Crippen molar-refractivity contribution in [1.29, 1.82) is 0 Å². The Bertz CT molecular complexity index is 1580. The number of benzene rings is 4. The lowest BCUT2D eigenvalue weighted by Gasteiger charge is -2.14. The fraction of sp³-hybridized carbons (Fsp3) is 0.0938. The first kappa shape index (κ1) is 29.6.